The van der Waals surface area contributed by atoms with Gasteiger partial charge in [0.1, 0.15) is 17.1 Å². The maximum absolute atomic E-state index is 12.8. The summed E-state index contributed by atoms with van der Waals surface area (Å²) in [6.07, 6.45) is 3.79. The van der Waals surface area contributed by atoms with E-state index in [0.717, 1.165) is 17.8 Å². The number of hydrogen-bond donors (Lipinski definition) is 1. The molecule has 6 heteroatoms. The van der Waals surface area contributed by atoms with E-state index in [9.17, 15) is 9.59 Å². The Morgan fingerprint density at radius 2 is 2.10 bits per heavy atom. The van der Waals surface area contributed by atoms with Crippen molar-refractivity contribution in [3.05, 3.63) is 16.6 Å². The number of nitrogens with one attached hydrogen (secondary N) is 1. The van der Waals surface area contributed by atoms with E-state index in [0.29, 0.717) is 12.5 Å². The fourth-order valence-corrected chi connectivity index (χ4v) is 3.61. The van der Waals surface area contributed by atoms with E-state index in [4.69, 9.17) is 0 Å². The molecule has 5 nitrogen and oxygen atoms in total. The van der Waals surface area contributed by atoms with Crippen LogP contribution >= 0.6 is 11.3 Å². The fourth-order valence-electron chi connectivity index (χ4n) is 3.00. The number of carbonyl (C=O) groups is 2. The van der Waals surface area contributed by atoms with Crippen molar-refractivity contribution in [2.75, 3.05) is 0 Å². The fraction of sp³-hybridized carbons (Fsp3) is 0.667. The Bertz CT molecular complexity index is 546. The van der Waals surface area contributed by atoms with E-state index in [2.05, 4.69) is 10.3 Å². The number of thiazole rings is 1. The minimum atomic E-state index is -0.441. The largest absolute Gasteiger partial charge is 0.342 e. The summed E-state index contributed by atoms with van der Waals surface area (Å²) in [6.45, 7) is 6.42. The van der Waals surface area contributed by atoms with Gasteiger partial charge in [-0.1, -0.05) is 20.8 Å². The summed E-state index contributed by atoms with van der Waals surface area (Å²) in [4.78, 5) is 31.4. The first kappa shape index (κ1) is 14.5. The molecule has 2 atom stereocenters. The van der Waals surface area contributed by atoms with Gasteiger partial charge in [-0.3, -0.25) is 9.59 Å². The second-order valence-electron chi connectivity index (χ2n) is 6.98. The van der Waals surface area contributed by atoms with Crippen molar-refractivity contribution < 1.29 is 9.59 Å². The first-order valence-corrected chi connectivity index (χ1v) is 8.25. The minimum Gasteiger partial charge on any atom is -0.342 e. The SMILES string of the molecule is CC(C)(C)C1C(=O)NC(C2CC2)C(=O)N1Cc1nccs1. The number of aromatic nitrogens is 1. The smallest absolute Gasteiger partial charge is 0.246 e. The molecule has 3 rings (SSSR count). The van der Waals surface area contributed by atoms with Crippen LogP contribution in [0, 0.1) is 11.3 Å². The topological polar surface area (TPSA) is 62.3 Å². The highest BCUT2D eigenvalue weighted by Gasteiger charge is 2.50. The number of piperazine rings is 1. The number of amides is 2. The Morgan fingerprint density at radius 1 is 1.38 bits per heavy atom. The molecule has 2 heterocycles. The molecule has 1 aliphatic carbocycles. The van der Waals surface area contributed by atoms with Crippen LogP contribution in [0.4, 0.5) is 0 Å². The van der Waals surface area contributed by atoms with Crippen LogP contribution in [0.15, 0.2) is 11.6 Å². The summed E-state index contributed by atoms with van der Waals surface area (Å²) in [7, 11) is 0. The molecule has 1 saturated heterocycles. The molecule has 0 bridgehead atoms. The monoisotopic (exact) mass is 307 g/mol. The lowest BCUT2D eigenvalue weighted by molar-refractivity contribution is -0.155. The van der Waals surface area contributed by atoms with Crippen molar-refractivity contribution in [1.82, 2.24) is 15.2 Å². The highest BCUT2D eigenvalue weighted by atomic mass is 32.1. The third kappa shape index (κ3) is 2.81. The lowest BCUT2D eigenvalue weighted by Crippen LogP contribution is -2.66. The van der Waals surface area contributed by atoms with Gasteiger partial charge in [0, 0.05) is 11.6 Å². The third-order valence-corrected chi connectivity index (χ3v) is 4.87. The zero-order valence-electron chi connectivity index (χ0n) is 12.6. The molecule has 1 aliphatic heterocycles. The van der Waals surface area contributed by atoms with E-state index < -0.39 is 6.04 Å². The highest BCUT2D eigenvalue weighted by Crippen LogP contribution is 2.37. The van der Waals surface area contributed by atoms with E-state index >= 15 is 0 Å². The van der Waals surface area contributed by atoms with Crippen LogP contribution in [0.5, 0.6) is 0 Å². The molecule has 114 valence electrons. The summed E-state index contributed by atoms with van der Waals surface area (Å²) >= 11 is 1.52. The Hall–Kier alpha value is -1.43. The second kappa shape index (κ2) is 5.09. The maximum atomic E-state index is 12.8. The molecule has 21 heavy (non-hydrogen) atoms. The Morgan fingerprint density at radius 3 is 2.62 bits per heavy atom. The van der Waals surface area contributed by atoms with Crippen molar-refractivity contribution >= 4 is 23.2 Å². The predicted molar refractivity (Wildman–Crippen MR) is 80.6 cm³/mol. The highest BCUT2D eigenvalue weighted by molar-refractivity contribution is 7.09. The van der Waals surface area contributed by atoms with Crippen molar-refractivity contribution in [3.8, 4) is 0 Å². The zero-order valence-corrected chi connectivity index (χ0v) is 13.4. The summed E-state index contributed by atoms with van der Waals surface area (Å²) in [5.41, 5.74) is -0.300. The van der Waals surface area contributed by atoms with Gasteiger partial charge in [0.05, 0.1) is 6.54 Å². The van der Waals surface area contributed by atoms with E-state index in [1.807, 2.05) is 26.2 Å². The van der Waals surface area contributed by atoms with Crippen molar-refractivity contribution in [3.63, 3.8) is 0 Å². The molecule has 2 amide bonds. The van der Waals surface area contributed by atoms with Crippen LogP contribution < -0.4 is 5.32 Å². The second-order valence-corrected chi connectivity index (χ2v) is 7.96. The molecular formula is C15H21N3O2S. The van der Waals surface area contributed by atoms with Crippen LogP contribution in [0.2, 0.25) is 0 Å². The molecule has 1 N–H and O–H groups in total. The lowest BCUT2D eigenvalue weighted by atomic mass is 9.82. The zero-order chi connectivity index (χ0) is 15.2. The maximum Gasteiger partial charge on any atom is 0.246 e. The molecule has 2 unspecified atom stereocenters. The van der Waals surface area contributed by atoms with Gasteiger partial charge in [-0.15, -0.1) is 11.3 Å². The van der Waals surface area contributed by atoms with Crippen molar-refractivity contribution in [2.45, 2.75) is 52.2 Å². The summed E-state index contributed by atoms with van der Waals surface area (Å²) in [5, 5.41) is 5.72. The average molecular weight is 307 g/mol. The average Bonchev–Trinajstić information content (AvgIpc) is 3.10. The van der Waals surface area contributed by atoms with E-state index in [-0.39, 0.29) is 23.3 Å². The van der Waals surface area contributed by atoms with Gasteiger partial charge in [-0.25, -0.2) is 4.98 Å². The summed E-state index contributed by atoms with van der Waals surface area (Å²) in [6, 6.07) is -0.778. The standard InChI is InChI=1S/C15H21N3O2S/c1-15(2,3)12-13(19)17-11(9-4-5-9)14(20)18(12)8-10-16-6-7-21-10/h6-7,9,11-12H,4-5,8H2,1-3H3,(H,17,19). The van der Waals surface area contributed by atoms with Gasteiger partial charge in [0.2, 0.25) is 11.8 Å². The van der Waals surface area contributed by atoms with Crippen molar-refractivity contribution in [1.29, 1.82) is 0 Å². The molecule has 1 aromatic rings. The Balaban J connectivity index is 1.90. The minimum absolute atomic E-state index is 0.0319. The van der Waals surface area contributed by atoms with Gasteiger partial charge in [-0.2, -0.15) is 0 Å². The van der Waals surface area contributed by atoms with Crippen molar-refractivity contribution in [2.24, 2.45) is 11.3 Å². The van der Waals surface area contributed by atoms with Crippen LogP contribution in [0.1, 0.15) is 38.6 Å². The molecule has 1 aromatic heterocycles. The number of carbonyl (C=O) groups excluding carboxylic acids is 2. The number of rotatable bonds is 3. The van der Waals surface area contributed by atoms with Gasteiger partial charge in [0.15, 0.2) is 0 Å². The Kier molecular flexibility index (Phi) is 3.51. The van der Waals surface area contributed by atoms with Gasteiger partial charge >= 0.3 is 0 Å². The summed E-state index contributed by atoms with van der Waals surface area (Å²) < 4.78 is 0. The van der Waals surface area contributed by atoms with E-state index in [1.165, 1.54) is 11.3 Å². The van der Waals surface area contributed by atoms with Gasteiger partial charge < -0.3 is 10.2 Å². The van der Waals surface area contributed by atoms with Crippen LogP contribution in [0.25, 0.3) is 0 Å². The molecule has 2 fully saturated rings. The molecule has 1 saturated carbocycles. The first-order valence-electron chi connectivity index (χ1n) is 7.37. The molecule has 0 aromatic carbocycles. The van der Waals surface area contributed by atoms with E-state index in [1.54, 1.807) is 11.1 Å². The van der Waals surface area contributed by atoms with Crippen LogP contribution in [0.3, 0.4) is 0 Å². The van der Waals surface area contributed by atoms with Gasteiger partial charge in [0.25, 0.3) is 0 Å². The molecule has 0 spiro atoms. The molecular weight excluding hydrogens is 286 g/mol. The predicted octanol–water partition coefficient (Wildman–Crippen LogP) is 1.79. The quantitative estimate of drug-likeness (QED) is 0.926. The number of nitrogens with zero attached hydrogens (tertiary/aromatic N) is 2. The third-order valence-electron chi connectivity index (χ3n) is 4.11. The first-order chi connectivity index (χ1) is 9.88. The van der Waals surface area contributed by atoms with Gasteiger partial charge in [-0.05, 0) is 24.2 Å². The Labute approximate surface area is 128 Å². The normalized spacial score (nSPS) is 26.9. The lowest BCUT2D eigenvalue weighted by Gasteiger charge is -2.44. The van der Waals surface area contributed by atoms with Crippen LogP contribution in [-0.4, -0.2) is 33.8 Å². The van der Waals surface area contributed by atoms with Crippen LogP contribution in [-0.2, 0) is 16.1 Å². The summed E-state index contributed by atoms with van der Waals surface area (Å²) in [5.74, 6) is 0.337. The molecule has 2 aliphatic rings. The number of hydrogen-bond acceptors (Lipinski definition) is 4. The molecule has 0 radical (unpaired) electrons.